The van der Waals surface area contributed by atoms with Gasteiger partial charge in [-0.1, -0.05) is 23.8 Å². The zero-order valence-corrected chi connectivity index (χ0v) is 21.1. The molecule has 0 aliphatic heterocycles. The average Bonchev–Trinajstić information content (AvgIpc) is 3.32. The second-order valence-electron chi connectivity index (χ2n) is 10.4. The molecule has 0 aromatic carbocycles. The molecular formula is C25H30N4O2S2. The van der Waals surface area contributed by atoms with E-state index < -0.39 is 0 Å². The Bertz CT molecular complexity index is 1200. The van der Waals surface area contributed by atoms with Crippen molar-refractivity contribution in [1.82, 2.24) is 15.1 Å². The van der Waals surface area contributed by atoms with Gasteiger partial charge in [0, 0.05) is 21.7 Å². The second kappa shape index (κ2) is 8.08. The molecule has 4 saturated carbocycles. The molecule has 0 spiro atoms. The van der Waals surface area contributed by atoms with Crippen LogP contribution in [0.15, 0.2) is 15.6 Å². The van der Waals surface area contributed by atoms with Crippen LogP contribution in [0.5, 0.6) is 0 Å². The molecule has 3 aromatic heterocycles. The molecule has 7 rings (SSSR count). The smallest absolute Gasteiger partial charge is 0.236 e. The molecule has 8 heteroatoms. The maximum absolute atomic E-state index is 12.6. The second-order valence-corrected chi connectivity index (χ2v) is 12.5. The van der Waals surface area contributed by atoms with Crippen LogP contribution in [0.1, 0.15) is 67.5 Å². The molecule has 33 heavy (non-hydrogen) atoms. The number of thioether (sulfide) groups is 1. The molecule has 0 radical (unpaired) electrons. The van der Waals surface area contributed by atoms with Crippen molar-refractivity contribution in [2.75, 3.05) is 11.1 Å². The van der Waals surface area contributed by atoms with Crippen molar-refractivity contribution in [2.45, 2.75) is 76.2 Å². The van der Waals surface area contributed by atoms with Gasteiger partial charge < -0.3 is 9.84 Å². The number of carbonyl (C=O) groups excluding carboxylic acids is 1. The third-order valence-corrected chi connectivity index (χ3v) is 9.94. The summed E-state index contributed by atoms with van der Waals surface area (Å²) in [5, 5.41) is 8.83. The molecule has 174 valence electrons. The first-order valence-electron chi connectivity index (χ1n) is 12.1. The molecule has 4 fully saturated rings. The van der Waals surface area contributed by atoms with Crippen LogP contribution in [0.25, 0.3) is 10.2 Å². The van der Waals surface area contributed by atoms with Gasteiger partial charge in [-0.25, -0.2) is 9.97 Å². The van der Waals surface area contributed by atoms with Gasteiger partial charge in [0.05, 0.1) is 5.75 Å². The van der Waals surface area contributed by atoms with Crippen molar-refractivity contribution in [2.24, 2.45) is 17.8 Å². The Hall–Kier alpha value is -1.93. The minimum Gasteiger partial charge on any atom is -0.360 e. The third-order valence-electron chi connectivity index (χ3n) is 7.92. The number of hydrogen-bond donors (Lipinski definition) is 1. The summed E-state index contributed by atoms with van der Waals surface area (Å²) in [5.74, 6) is 4.92. The lowest BCUT2D eigenvalue weighted by molar-refractivity contribution is -0.113. The van der Waals surface area contributed by atoms with E-state index in [2.05, 4.69) is 24.3 Å². The minimum absolute atomic E-state index is 0.0959. The van der Waals surface area contributed by atoms with Crippen LogP contribution < -0.4 is 5.32 Å². The lowest BCUT2D eigenvalue weighted by atomic mass is 9.49. The quantitative estimate of drug-likeness (QED) is 0.340. The first kappa shape index (κ1) is 21.6. The summed E-state index contributed by atoms with van der Waals surface area (Å²) in [5.41, 5.74) is 1.46. The molecule has 6 nitrogen and oxygen atoms in total. The standard InChI is InChI=1S/C25H30N4O2S2/c1-4-18-14(3)33-23-21(18)22(32-12-20(30)26-19-5-13(2)31-29-19)27-24(28-23)25-9-15-6-16(10-25)8-17(7-15)11-25/h5,15-17H,4,6-12H2,1-3H3,(H,26,29,30). The van der Waals surface area contributed by atoms with Gasteiger partial charge >= 0.3 is 0 Å². The Morgan fingerprint density at radius 3 is 2.48 bits per heavy atom. The van der Waals surface area contributed by atoms with Crippen molar-refractivity contribution in [3.8, 4) is 0 Å². The van der Waals surface area contributed by atoms with Gasteiger partial charge in [-0.05, 0) is 82.1 Å². The molecule has 0 atom stereocenters. The highest BCUT2D eigenvalue weighted by Gasteiger charge is 2.53. The molecule has 0 saturated heterocycles. The van der Waals surface area contributed by atoms with Crippen molar-refractivity contribution in [3.63, 3.8) is 0 Å². The maximum atomic E-state index is 12.6. The Balaban J connectivity index is 1.34. The van der Waals surface area contributed by atoms with Crippen LogP contribution >= 0.6 is 23.1 Å². The summed E-state index contributed by atoms with van der Waals surface area (Å²) in [6.07, 6.45) is 8.89. The number of anilines is 1. The number of amides is 1. The van der Waals surface area contributed by atoms with Gasteiger partial charge in [-0.15, -0.1) is 11.3 Å². The normalized spacial score (nSPS) is 28.0. The Morgan fingerprint density at radius 1 is 1.18 bits per heavy atom. The van der Waals surface area contributed by atoms with Crippen LogP contribution in [0.3, 0.4) is 0 Å². The van der Waals surface area contributed by atoms with Crippen molar-refractivity contribution < 1.29 is 9.32 Å². The van der Waals surface area contributed by atoms with Gasteiger partial charge in [-0.2, -0.15) is 0 Å². The lowest BCUT2D eigenvalue weighted by Gasteiger charge is -2.56. The molecule has 4 aliphatic carbocycles. The number of aromatic nitrogens is 3. The van der Waals surface area contributed by atoms with E-state index in [4.69, 9.17) is 14.5 Å². The summed E-state index contributed by atoms with van der Waals surface area (Å²) in [4.78, 5) is 25.5. The Morgan fingerprint density at radius 2 is 1.88 bits per heavy atom. The number of hydrogen-bond acceptors (Lipinski definition) is 7. The predicted octanol–water partition coefficient (Wildman–Crippen LogP) is 6.06. The highest BCUT2D eigenvalue weighted by molar-refractivity contribution is 8.00. The largest absolute Gasteiger partial charge is 0.360 e. The molecule has 3 aromatic rings. The van der Waals surface area contributed by atoms with Gasteiger partial charge in [-0.3, -0.25) is 4.79 Å². The number of aryl methyl sites for hydroxylation is 3. The molecule has 4 bridgehead atoms. The SMILES string of the molecule is CCc1c(C)sc2nc(C34CC5CC(CC(C5)C3)C4)nc(SCC(=O)Nc3cc(C)on3)c12. The lowest BCUT2D eigenvalue weighted by Crippen LogP contribution is -2.49. The Labute approximate surface area is 202 Å². The summed E-state index contributed by atoms with van der Waals surface area (Å²) in [7, 11) is 0. The van der Waals surface area contributed by atoms with Crippen LogP contribution in [0.4, 0.5) is 5.82 Å². The number of thiophene rings is 1. The van der Waals surface area contributed by atoms with Crippen molar-refractivity contribution >= 4 is 45.0 Å². The predicted molar refractivity (Wildman–Crippen MR) is 132 cm³/mol. The minimum atomic E-state index is -0.0959. The van der Waals surface area contributed by atoms with Gasteiger partial charge in [0.25, 0.3) is 0 Å². The first-order valence-corrected chi connectivity index (χ1v) is 13.9. The van der Waals surface area contributed by atoms with Crippen LogP contribution in [0.2, 0.25) is 0 Å². The maximum Gasteiger partial charge on any atom is 0.236 e. The fourth-order valence-corrected chi connectivity index (χ4v) is 9.06. The van der Waals surface area contributed by atoms with Crippen LogP contribution in [-0.4, -0.2) is 26.8 Å². The average molecular weight is 483 g/mol. The highest BCUT2D eigenvalue weighted by Crippen LogP contribution is 2.60. The van der Waals surface area contributed by atoms with Gasteiger partial charge in [0.1, 0.15) is 21.4 Å². The Kier molecular flexibility index (Phi) is 5.29. The molecule has 3 heterocycles. The monoisotopic (exact) mass is 482 g/mol. The van der Waals surface area contributed by atoms with Gasteiger partial charge in [0.15, 0.2) is 5.82 Å². The summed E-state index contributed by atoms with van der Waals surface area (Å²) >= 11 is 3.32. The summed E-state index contributed by atoms with van der Waals surface area (Å²) in [6, 6.07) is 1.73. The molecule has 4 aliphatic rings. The zero-order chi connectivity index (χ0) is 22.7. The van der Waals surface area contributed by atoms with E-state index in [0.717, 1.165) is 45.2 Å². The molecular weight excluding hydrogens is 452 g/mol. The summed E-state index contributed by atoms with van der Waals surface area (Å²) < 4.78 is 5.06. The zero-order valence-electron chi connectivity index (χ0n) is 19.4. The van der Waals surface area contributed by atoms with E-state index in [9.17, 15) is 4.79 Å². The molecule has 1 amide bonds. The number of fused-ring (bicyclic) bond motifs is 1. The fraction of sp³-hybridized carbons (Fsp3) is 0.600. The van der Waals surface area contributed by atoms with E-state index in [0.29, 0.717) is 11.6 Å². The van der Waals surface area contributed by atoms with Gasteiger partial charge in [0.2, 0.25) is 5.91 Å². The van der Waals surface area contributed by atoms with E-state index in [1.54, 1.807) is 17.4 Å². The first-order chi connectivity index (χ1) is 15.9. The number of rotatable bonds is 6. The summed E-state index contributed by atoms with van der Waals surface area (Å²) in [6.45, 7) is 6.19. The van der Waals surface area contributed by atoms with E-state index in [1.807, 2.05) is 6.92 Å². The van der Waals surface area contributed by atoms with Crippen molar-refractivity contribution in [1.29, 1.82) is 0 Å². The van der Waals surface area contributed by atoms with E-state index in [1.165, 1.54) is 60.7 Å². The topological polar surface area (TPSA) is 80.9 Å². The third kappa shape index (κ3) is 3.79. The number of nitrogens with zero attached hydrogens (tertiary/aromatic N) is 3. The van der Waals surface area contributed by atoms with Crippen LogP contribution in [-0.2, 0) is 16.6 Å². The van der Waals surface area contributed by atoms with E-state index >= 15 is 0 Å². The van der Waals surface area contributed by atoms with E-state index in [-0.39, 0.29) is 17.1 Å². The highest BCUT2D eigenvalue weighted by atomic mass is 32.2. The molecule has 0 unspecified atom stereocenters. The number of carbonyl (C=O) groups is 1. The van der Waals surface area contributed by atoms with Crippen LogP contribution in [0, 0.1) is 31.6 Å². The number of nitrogens with one attached hydrogen (secondary N) is 1. The fourth-order valence-electron chi connectivity index (χ4n) is 7.03. The van der Waals surface area contributed by atoms with Crippen molar-refractivity contribution in [3.05, 3.63) is 28.1 Å². The molecule has 1 N–H and O–H groups in total.